The van der Waals surface area contributed by atoms with Crippen LogP contribution in [-0.2, 0) is 0 Å². The van der Waals surface area contributed by atoms with Gasteiger partial charge >= 0.3 is 0 Å². The first-order chi connectivity index (χ1) is 5.26. The van der Waals surface area contributed by atoms with Crippen molar-refractivity contribution < 1.29 is 0 Å². The van der Waals surface area contributed by atoms with Crippen LogP contribution in [0.25, 0.3) is 0 Å². The molecule has 0 saturated heterocycles. The third-order valence-electron chi connectivity index (χ3n) is 3.24. The molecule has 2 nitrogen and oxygen atoms in total. The van der Waals surface area contributed by atoms with Gasteiger partial charge in [-0.25, -0.2) is 0 Å². The standard InChI is InChI=1S/C9H18N2/c1-7-4-8(7)11-6-9(5-10)2-3-9/h7-8,11H,2-6,10H2,1H3. The Bertz CT molecular complexity index is 152. The molecule has 2 aliphatic carbocycles. The molecule has 64 valence electrons. The van der Waals surface area contributed by atoms with Crippen molar-refractivity contribution in [3.63, 3.8) is 0 Å². The Kier molecular flexibility index (Phi) is 1.69. The second-order valence-electron chi connectivity index (χ2n) is 4.40. The van der Waals surface area contributed by atoms with Crippen molar-refractivity contribution in [1.29, 1.82) is 0 Å². The van der Waals surface area contributed by atoms with Crippen LogP contribution in [0.2, 0.25) is 0 Å². The van der Waals surface area contributed by atoms with Crippen LogP contribution in [0, 0.1) is 11.3 Å². The summed E-state index contributed by atoms with van der Waals surface area (Å²) in [4.78, 5) is 0. The lowest BCUT2D eigenvalue weighted by molar-refractivity contribution is 0.460. The first-order valence-electron chi connectivity index (χ1n) is 4.69. The van der Waals surface area contributed by atoms with Crippen LogP contribution < -0.4 is 11.1 Å². The van der Waals surface area contributed by atoms with Crippen molar-refractivity contribution in [2.45, 2.75) is 32.2 Å². The Morgan fingerprint density at radius 2 is 2.18 bits per heavy atom. The molecule has 0 aromatic heterocycles. The summed E-state index contributed by atoms with van der Waals surface area (Å²) in [6, 6.07) is 0.819. The van der Waals surface area contributed by atoms with E-state index in [0.717, 1.165) is 18.5 Å². The van der Waals surface area contributed by atoms with E-state index in [2.05, 4.69) is 12.2 Å². The van der Waals surface area contributed by atoms with Gasteiger partial charge in [-0.3, -0.25) is 0 Å². The van der Waals surface area contributed by atoms with Gasteiger partial charge in [-0.1, -0.05) is 6.92 Å². The summed E-state index contributed by atoms with van der Waals surface area (Å²) in [5, 5.41) is 3.58. The van der Waals surface area contributed by atoms with E-state index < -0.39 is 0 Å². The van der Waals surface area contributed by atoms with E-state index in [4.69, 9.17) is 5.73 Å². The number of nitrogens with one attached hydrogen (secondary N) is 1. The van der Waals surface area contributed by atoms with Crippen LogP contribution in [0.5, 0.6) is 0 Å². The van der Waals surface area contributed by atoms with E-state index in [1.54, 1.807) is 0 Å². The van der Waals surface area contributed by atoms with Gasteiger partial charge in [0.25, 0.3) is 0 Å². The summed E-state index contributed by atoms with van der Waals surface area (Å²) in [5.41, 5.74) is 6.19. The zero-order valence-corrected chi connectivity index (χ0v) is 7.27. The normalized spacial score (nSPS) is 38.7. The number of rotatable bonds is 4. The molecule has 2 fully saturated rings. The molecule has 2 heteroatoms. The van der Waals surface area contributed by atoms with Gasteiger partial charge in [-0.2, -0.15) is 0 Å². The van der Waals surface area contributed by atoms with Gasteiger partial charge in [0.05, 0.1) is 0 Å². The van der Waals surface area contributed by atoms with Crippen molar-refractivity contribution >= 4 is 0 Å². The average Bonchev–Trinajstić information content (AvgIpc) is 2.85. The van der Waals surface area contributed by atoms with Crippen LogP contribution in [0.15, 0.2) is 0 Å². The molecule has 2 atom stereocenters. The molecule has 2 rings (SSSR count). The minimum absolute atomic E-state index is 0.516. The van der Waals surface area contributed by atoms with Gasteiger partial charge in [0.1, 0.15) is 0 Å². The maximum absolute atomic E-state index is 5.67. The molecule has 0 amide bonds. The van der Waals surface area contributed by atoms with E-state index in [9.17, 15) is 0 Å². The molecular weight excluding hydrogens is 136 g/mol. The smallest absolute Gasteiger partial charge is 0.00966 e. The fourth-order valence-corrected chi connectivity index (χ4v) is 1.58. The highest BCUT2D eigenvalue weighted by atomic mass is 15.0. The van der Waals surface area contributed by atoms with E-state index >= 15 is 0 Å². The van der Waals surface area contributed by atoms with E-state index in [0.29, 0.717) is 5.41 Å². The largest absolute Gasteiger partial charge is 0.330 e. The molecule has 0 bridgehead atoms. The molecule has 0 aromatic rings. The molecule has 0 radical (unpaired) electrons. The topological polar surface area (TPSA) is 38.0 Å². The van der Waals surface area contributed by atoms with E-state index in [-0.39, 0.29) is 0 Å². The monoisotopic (exact) mass is 154 g/mol. The predicted octanol–water partition coefficient (Wildman–Crippen LogP) is 0.723. The van der Waals surface area contributed by atoms with Gasteiger partial charge in [0.15, 0.2) is 0 Å². The highest BCUT2D eigenvalue weighted by molar-refractivity contribution is 4.99. The maximum Gasteiger partial charge on any atom is 0.00966 e. The first-order valence-corrected chi connectivity index (χ1v) is 4.69. The van der Waals surface area contributed by atoms with Crippen molar-refractivity contribution in [1.82, 2.24) is 5.32 Å². The molecule has 2 saturated carbocycles. The summed E-state index contributed by atoms with van der Waals surface area (Å²) in [5.74, 6) is 0.920. The Morgan fingerprint density at radius 3 is 2.55 bits per heavy atom. The summed E-state index contributed by atoms with van der Waals surface area (Å²) in [6.45, 7) is 4.35. The summed E-state index contributed by atoms with van der Waals surface area (Å²) < 4.78 is 0. The van der Waals surface area contributed by atoms with Crippen molar-refractivity contribution in [2.75, 3.05) is 13.1 Å². The Balaban J connectivity index is 1.66. The molecule has 2 unspecified atom stereocenters. The Labute approximate surface area is 68.5 Å². The molecule has 11 heavy (non-hydrogen) atoms. The van der Waals surface area contributed by atoms with Crippen molar-refractivity contribution in [2.24, 2.45) is 17.1 Å². The zero-order chi connectivity index (χ0) is 7.90. The van der Waals surface area contributed by atoms with Crippen LogP contribution in [-0.4, -0.2) is 19.1 Å². The molecular formula is C9H18N2. The van der Waals surface area contributed by atoms with Gasteiger partial charge in [0.2, 0.25) is 0 Å². The van der Waals surface area contributed by atoms with Gasteiger partial charge in [-0.05, 0) is 37.1 Å². The first kappa shape index (κ1) is 7.56. The third kappa shape index (κ3) is 1.57. The highest BCUT2D eigenvalue weighted by Crippen LogP contribution is 2.44. The van der Waals surface area contributed by atoms with Gasteiger partial charge in [-0.15, -0.1) is 0 Å². The minimum atomic E-state index is 0.516. The van der Waals surface area contributed by atoms with E-state index in [1.807, 2.05) is 0 Å². The minimum Gasteiger partial charge on any atom is -0.330 e. The van der Waals surface area contributed by atoms with Crippen molar-refractivity contribution in [3.8, 4) is 0 Å². The molecule has 0 aromatic carbocycles. The number of hydrogen-bond donors (Lipinski definition) is 2. The predicted molar refractivity (Wildman–Crippen MR) is 46.3 cm³/mol. The quantitative estimate of drug-likeness (QED) is 0.626. The fourth-order valence-electron chi connectivity index (χ4n) is 1.58. The lowest BCUT2D eigenvalue weighted by Gasteiger charge is -2.12. The third-order valence-corrected chi connectivity index (χ3v) is 3.24. The van der Waals surface area contributed by atoms with E-state index in [1.165, 1.54) is 25.8 Å². The van der Waals surface area contributed by atoms with Crippen LogP contribution in [0.3, 0.4) is 0 Å². The zero-order valence-electron chi connectivity index (χ0n) is 7.27. The average molecular weight is 154 g/mol. The number of hydrogen-bond acceptors (Lipinski definition) is 2. The van der Waals surface area contributed by atoms with Crippen LogP contribution in [0.4, 0.5) is 0 Å². The number of nitrogens with two attached hydrogens (primary N) is 1. The van der Waals surface area contributed by atoms with Gasteiger partial charge < -0.3 is 11.1 Å². The molecule has 0 aliphatic heterocycles. The SMILES string of the molecule is CC1CC1NCC1(CN)CC1. The summed E-state index contributed by atoms with van der Waals surface area (Å²) in [7, 11) is 0. The second-order valence-corrected chi connectivity index (χ2v) is 4.40. The molecule has 0 heterocycles. The Morgan fingerprint density at radius 1 is 1.55 bits per heavy atom. The van der Waals surface area contributed by atoms with Crippen molar-refractivity contribution in [3.05, 3.63) is 0 Å². The van der Waals surface area contributed by atoms with Gasteiger partial charge in [0, 0.05) is 12.6 Å². The molecule has 2 aliphatic rings. The molecule has 3 N–H and O–H groups in total. The van der Waals surface area contributed by atoms with Crippen LogP contribution >= 0.6 is 0 Å². The Hall–Kier alpha value is -0.0800. The fraction of sp³-hybridized carbons (Fsp3) is 1.00. The lowest BCUT2D eigenvalue weighted by Crippen LogP contribution is -2.31. The lowest BCUT2D eigenvalue weighted by atomic mass is 10.1. The van der Waals surface area contributed by atoms with Crippen LogP contribution in [0.1, 0.15) is 26.2 Å². The summed E-state index contributed by atoms with van der Waals surface area (Å²) in [6.07, 6.45) is 4.07. The summed E-state index contributed by atoms with van der Waals surface area (Å²) >= 11 is 0. The maximum atomic E-state index is 5.67. The molecule has 0 spiro atoms. The second kappa shape index (κ2) is 2.46. The highest BCUT2D eigenvalue weighted by Gasteiger charge is 2.43.